The van der Waals surface area contributed by atoms with E-state index in [4.69, 9.17) is 5.73 Å². The molecule has 21 heavy (non-hydrogen) atoms. The van der Waals surface area contributed by atoms with Crippen molar-refractivity contribution in [1.29, 1.82) is 0 Å². The number of amides is 1. The molecule has 7 heteroatoms. The van der Waals surface area contributed by atoms with Gasteiger partial charge in [0.2, 0.25) is 0 Å². The Hall–Kier alpha value is -1.56. The zero-order chi connectivity index (χ0) is 13.2. The molecule has 1 amide bonds. The standard InChI is InChI=1S/C14H16N4O.2ClH/c15-11-6-7-17(9-11)14(19)13-8-16-10-18(13)12-4-2-1-3-5-12;;/h1-5,8,10-11H,6-7,9,15H2;2*1H/t11-;;/m1../s1. The summed E-state index contributed by atoms with van der Waals surface area (Å²) >= 11 is 0. The molecule has 114 valence electrons. The molecule has 0 spiro atoms. The van der Waals surface area contributed by atoms with Crippen LogP contribution in [-0.4, -0.2) is 39.5 Å². The zero-order valence-corrected chi connectivity index (χ0v) is 13.0. The fraction of sp³-hybridized carbons (Fsp3) is 0.286. The second-order valence-corrected chi connectivity index (χ2v) is 4.78. The van der Waals surface area contributed by atoms with E-state index in [-0.39, 0.29) is 36.8 Å². The first-order valence-corrected chi connectivity index (χ1v) is 6.38. The number of rotatable bonds is 2. The van der Waals surface area contributed by atoms with E-state index in [1.54, 1.807) is 17.4 Å². The van der Waals surface area contributed by atoms with E-state index in [1.807, 2.05) is 34.9 Å². The van der Waals surface area contributed by atoms with Crippen molar-refractivity contribution in [3.8, 4) is 5.69 Å². The Kier molecular flexibility index (Phi) is 6.20. The lowest BCUT2D eigenvalue weighted by atomic mass is 10.3. The quantitative estimate of drug-likeness (QED) is 0.915. The summed E-state index contributed by atoms with van der Waals surface area (Å²) in [4.78, 5) is 18.3. The number of hydrogen-bond acceptors (Lipinski definition) is 3. The fourth-order valence-electron chi connectivity index (χ4n) is 2.38. The molecule has 0 unspecified atom stereocenters. The first-order valence-electron chi connectivity index (χ1n) is 6.38. The van der Waals surface area contributed by atoms with Crippen LogP contribution in [0, 0.1) is 0 Å². The lowest BCUT2D eigenvalue weighted by molar-refractivity contribution is 0.0783. The maximum absolute atomic E-state index is 12.5. The molecule has 2 N–H and O–H groups in total. The molecule has 0 aliphatic carbocycles. The monoisotopic (exact) mass is 328 g/mol. The van der Waals surface area contributed by atoms with Crippen molar-refractivity contribution in [3.05, 3.63) is 48.5 Å². The fourth-order valence-corrected chi connectivity index (χ4v) is 2.38. The van der Waals surface area contributed by atoms with Gasteiger partial charge in [-0.25, -0.2) is 4.98 Å². The van der Waals surface area contributed by atoms with Crippen LogP contribution < -0.4 is 5.73 Å². The third-order valence-corrected chi connectivity index (χ3v) is 3.40. The molecule has 0 radical (unpaired) electrons. The van der Waals surface area contributed by atoms with Crippen molar-refractivity contribution in [1.82, 2.24) is 14.5 Å². The van der Waals surface area contributed by atoms with Crippen molar-refractivity contribution in [2.75, 3.05) is 13.1 Å². The van der Waals surface area contributed by atoms with E-state index in [9.17, 15) is 4.79 Å². The maximum atomic E-state index is 12.5. The predicted molar refractivity (Wildman–Crippen MR) is 86.6 cm³/mol. The SMILES string of the molecule is Cl.Cl.N[C@@H]1CCN(C(=O)c2cncn2-c2ccccc2)C1. The van der Waals surface area contributed by atoms with Gasteiger partial charge in [-0.1, -0.05) is 18.2 Å². The van der Waals surface area contributed by atoms with E-state index in [0.717, 1.165) is 18.7 Å². The molecule has 1 aliphatic heterocycles. The number of halogens is 2. The van der Waals surface area contributed by atoms with Crippen LogP contribution in [0.4, 0.5) is 0 Å². The number of imidazole rings is 1. The van der Waals surface area contributed by atoms with Gasteiger partial charge in [-0.15, -0.1) is 24.8 Å². The summed E-state index contributed by atoms with van der Waals surface area (Å²) < 4.78 is 1.81. The molecule has 2 heterocycles. The normalized spacial score (nSPS) is 17.0. The summed E-state index contributed by atoms with van der Waals surface area (Å²) in [7, 11) is 0. The molecule has 1 fully saturated rings. The number of nitrogens with zero attached hydrogens (tertiary/aromatic N) is 3. The summed E-state index contributed by atoms with van der Waals surface area (Å²) in [5.74, 6) is -0.00527. The first kappa shape index (κ1) is 17.5. The Morgan fingerprint density at radius 2 is 1.95 bits per heavy atom. The van der Waals surface area contributed by atoms with Gasteiger partial charge in [0.15, 0.2) is 0 Å². The zero-order valence-electron chi connectivity index (χ0n) is 11.4. The lowest BCUT2D eigenvalue weighted by Crippen LogP contribution is -2.32. The van der Waals surface area contributed by atoms with Gasteiger partial charge in [-0.05, 0) is 18.6 Å². The Balaban J connectivity index is 0.00000110. The van der Waals surface area contributed by atoms with Gasteiger partial charge in [0.25, 0.3) is 5.91 Å². The predicted octanol–water partition coefficient (Wildman–Crippen LogP) is 1.89. The van der Waals surface area contributed by atoms with Crippen LogP contribution in [-0.2, 0) is 0 Å². The number of nitrogens with two attached hydrogens (primary N) is 1. The summed E-state index contributed by atoms with van der Waals surface area (Å²) in [5.41, 5.74) is 7.37. The van der Waals surface area contributed by atoms with Crippen molar-refractivity contribution < 1.29 is 4.79 Å². The van der Waals surface area contributed by atoms with E-state index in [2.05, 4.69) is 4.98 Å². The summed E-state index contributed by atoms with van der Waals surface area (Å²) in [6.45, 7) is 1.35. The number of aromatic nitrogens is 2. The van der Waals surface area contributed by atoms with Crippen molar-refractivity contribution in [3.63, 3.8) is 0 Å². The molecule has 1 aliphatic rings. The molecular formula is C14H18Cl2N4O. The number of para-hydroxylation sites is 1. The van der Waals surface area contributed by atoms with Crippen LogP contribution in [0.1, 0.15) is 16.9 Å². The summed E-state index contributed by atoms with van der Waals surface area (Å²) in [6, 6.07) is 9.83. The van der Waals surface area contributed by atoms with Crippen LogP contribution in [0.2, 0.25) is 0 Å². The molecule has 1 aromatic carbocycles. The third-order valence-electron chi connectivity index (χ3n) is 3.40. The molecule has 0 saturated carbocycles. The topological polar surface area (TPSA) is 64.2 Å². The Morgan fingerprint density at radius 1 is 1.24 bits per heavy atom. The van der Waals surface area contributed by atoms with Crippen LogP contribution in [0.15, 0.2) is 42.9 Å². The van der Waals surface area contributed by atoms with Gasteiger partial charge in [-0.2, -0.15) is 0 Å². The van der Waals surface area contributed by atoms with Crippen molar-refractivity contribution in [2.24, 2.45) is 5.73 Å². The summed E-state index contributed by atoms with van der Waals surface area (Å²) in [6.07, 6.45) is 4.14. The molecule has 0 bridgehead atoms. The molecule has 1 saturated heterocycles. The minimum absolute atomic E-state index is 0. The van der Waals surface area contributed by atoms with Crippen LogP contribution in [0.5, 0.6) is 0 Å². The average Bonchev–Trinajstić information content (AvgIpc) is 3.07. The van der Waals surface area contributed by atoms with E-state index < -0.39 is 0 Å². The number of carbonyl (C=O) groups is 1. The van der Waals surface area contributed by atoms with Crippen LogP contribution in [0.3, 0.4) is 0 Å². The van der Waals surface area contributed by atoms with Crippen LogP contribution >= 0.6 is 24.8 Å². The highest BCUT2D eigenvalue weighted by Crippen LogP contribution is 2.15. The van der Waals surface area contributed by atoms with Gasteiger partial charge in [0.1, 0.15) is 5.69 Å². The van der Waals surface area contributed by atoms with Crippen molar-refractivity contribution in [2.45, 2.75) is 12.5 Å². The van der Waals surface area contributed by atoms with Gasteiger partial charge in [-0.3, -0.25) is 9.36 Å². The van der Waals surface area contributed by atoms with E-state index in [0.29, 0.717) is 12.2 Å². The lowest BCUT2D eigenvalue weighted by Gasteiger charge is -2.16. The van der Waals surface area contributed by atoms with Crippen molar-refractivity contribution >= 4 is 30.7 Å². The molecule has 2 aromatic rings. The van der Waals surface area contributed by atoms with Gasteiger partial charge in [0.05, 0.1) is 12.5 Å². The molecule has 5 nitrogen and oxygen atoms in total. The number of likely N-dealkylation sites (tertiary alicyclic amines) is 1. The van der Waals surface area contributed by atoms with Gasteiger partial charge < -0.3 is 10.6 Å². The number of carbonyl (C=O) groups excluding carboxylic acids is 1. The molecule has 1 atom stereocenters. The van der Waals surface area contributed by atoms with Gasteiger partial charge >= 0.3 is 0 Å². The minimum Gasteiger partial charge on any atom is -0.336 e. The number of benzene rings is 1. The minimum atomic E-state index is -0.00527. The molecule has 1 aromatic heterocycles. The number of hydrogen-bond donors (Lipinski definition) is 1. The highest BCUT2D eigenvalue weighted by Gasteiger charge is 2.26. The molecular weight excluding hydrogens is 311 g/mol. The summed E-state index contributed by atoms with van der Waals surface area (Å²) in [5, 5.41) is 0. The largest absolute Gasteiger partial charge is 0.336 e. The maximum Gasteiger partial charge on any atom is 0.272 e. The second kappa shape index (κ2) is 7.45. The Bertz CT molecular complexity index is 588. The smallest absolute Gasteiger partial charge is 0.272 e. The van der Waals surface area contributed by atoms with E-state index in [1.165, 1.54) is 0 Å². The second-order valence-electron chi connectivity index (χ2n) is 4.78. The van der Waals surface area contributed by atoms with Gasteiger partial charge in [0, 0.05) is 24.8 Å². The van der Waals surface area contributed by atoms with E-state index >= 15 is 0 Å². The molecule has 3 rings (SSSR count). The first-order chi connectivity index (χ1) is 9.25. The van der Waals surface area contributed by atoms with Crippen LogP contribution in [0.25, 0.3) is 5.69 Å². The highest BCUT2D eigenvalue weighted by molar-refractivity contribution is 5.93. The Morgan fingerprint density at radius 3 is 2.57 bits per heavy atom. The average molecular weight is 329 g/mol. The third kappa shape index (κ3) is 3.56. The highest BCUT2D eigenvalue weighted by atomic mass is 35.5. The Labute approximate surface area is 136 Å².